The van der Waals surface area contributed by atoms with E-state index in [2.05, 4.69) is 4.98 Å². The lowest BCUT2D eigenvalue weighted by Crippen LogP contribution is -2.39. The van der Waals surface area contributed by atoms with Crippen LogP contribution in [0, 0.1) is 12.7 Å². The third-order valence-corrected chi connectivity index (χ3v) is 7.49. The number of methoxy groups -OCH3 is 1. The Balaban J connectivity index is 1.54. The van der Waals surface area contributed by atoms with E-state index in [0.29, 0.717) is 23.8 Å². The molecule has 0 saturated heterocycles. The molecule has 1 aliphatic rings. The standard InChI is InChI=1S/C28H31FN2O4S/c1-4-35-26(32)25-19(2)36-24(30-25)18-31(17-5-6-20-7-11-22(29)12-8-20)27(33)28(15-16-28)21-9-13-23(34-3)14-10-21/h7-14H,4-6,15-18H2,1-3H3. The third kappa shape index (κ3) is 5.75. The molecule has 1 aromatic heterocycles. The second-order valence-corrected chi connectivity index (χ2v) is 10.3. The Kier molecular flexibility index (Phi) is 8.04. The zero-order valence-corrected chi connectivity index (χ0v) is 21.7. The molecular weight excluding hydrogens is 479 g/mol. The van der Waals surface area contributed by atoms with Gasteiger partial charge in [-0.05, 0) is 74.9 Å². The largest absolute Gasteiger partial charge is 0.497 e. The van der Waals surface area contributed by atoms with Crippen LogP contribution in [-0.2, 0) is 27.9 Å². The number of aryl methyl sites for hydroxylation is 2. The Morgan fingerprint density at radius 3 is 2.42 bits per heavy atom. The van der Waals surface area contributed by atoms with Crippen LogP contribution >= 0.6 is 11.3 Å². The van der Waals surface area contributed by atoms with Gasteiger partial charge in [0.2, 0.25) is 5.91 Å². The van der Waals surface area contributed by atoms with Crippen LogP contribution in [-0.4, -0.2) is 42.0 Å². The predicted molar refractivity (Wildman–Crippen MR) is 137 cm³/mol. The van der Waals surface area contributed by atoms with Crippen LogP contribution in [0.2, 0.25) is 0 Å². The molecule has 1 fully saturated rings. The molecule has 0 atom stereocenters. The van der Waals surface area contributed by atoms with Crippen molar-refractivity contribution in [2.45, 2.75) is 51.5 Å². The summed E-state index contributed by atoms with van der Waals surface area (Å²) in [5.74, 6) is 0.117. The van der Waals surface area contributed by atoms with E-state index < -0.39 is 11.4 Å². The summed E-state index contributed by atoms with van der Waals surface area (Å²) in [7, 11) is 1.62. The number of aromatic nitrogens is 1. The molecule has 1 amide bonds. The molecule has 3 aromatic rings. The quantitative estimate of drug-likeness (QED) is 0.320. The molecule has 0 unspecified atom stereocenters. The monoisotopic (exact) mass is 510 g/mol. The number of thiazole rings is 1. The minimum atomic E-state index is -0.543. The van der Waals surface area contributed by atoms with Crippen molar-refractivity contribution in [3.05, 3.63) is 81.1 Å². The molecule has 1 saturated carbocycles. The Morgan fingerprint density at radius 2 is 1.81 bits per heavy atom. The van der Waals surface area contributed by atoms with Crippen molar-refractivity contribution < 1.29 is 23.5 Å². The number of carbonyl (C=O) groups excluding carboxylic acids is 2. The Hall–Kier alpha value is -3.26. The van der Waals surface area contributed by atoms with Crippen molar-refractivity contribution in [2.75, 3.05) is 20.3 Å². The predicted octanol–water partition coefficient (Wildman–Crippen LogP) is 5.47. The van der Waals surface area contributed by atoms with Crippen LogP contribution in [0.3, 0.4) is 0 Å². The van der Waals surface area contributed by atoms with Gasteiger partial charge in [0.05, 0.1) is 25.7 Å². The maximum absolute atomic E-state index is 13.9. The Labute approximate surface area is 215 Å². The topological polar surface area (TPSA) is 68.7 Å². The van der Waals surface area contributed by atoms with Crippen LogP contribution < -0.4 is 4.74 Å². The normalized spacial score (nSPS) is 13.8. The van der Waals surface area contributed by atoms with Crippen LogP contribution in [0.1, 0.15) is 57.7 Å². The molecule has 0 aliphatic heterocycles. The molecular formula is C28H31FN2O4S. The summed E-state index contributed by atoms with van der Waals surface area (Å²) in [5, 5.41) is 0.705. The van der Waals surface area contributed by atoms with Gasteiger partial charge in [-0.15, -0.1) is 11.3 Å². The van der Waals surface area contributed by atoms with Gasteiger partial charge in [-0.3, -0.25) is 4.79 Å². The lowest BCUT2D eigenvalue weighted by Gasteiger charge is -2.27. The second-order valence-electron chi connectivity index (χ2n) is 9.00. The van der Waals surface area contributed by atoms with Crippen LogP contribution in [0.15, 0.2) is 48.5 Å². The van der Waals surface area contributed by atoms with Crippen LogP contribution in [0.4, 0.5) is 4.39 Å². The summed E-state index contributed by atoms with van der Waals surface area (Å²) in [4.78, 5) is 33.3. The van der Waals surface area contributed by atoms with Gasteiger partial charge in [0.15, 0.2) is 5.69 Å². The van der Waals surface area contributed by atoms with E-state index in [4.69, 9.17) is 9.47 Å². The zero-order valence-electron chi connectivity index (χ0n) is 20.9. The van der Waals surface area contributed by atoms with E-state index >= 15 is 0 Å². The van der Waals surface area contributed by atoms with Gasteiger partial charge >= 0.3 is 5.97 Å². The average molecular weight is 511 g/mol. The number of hydrogen-bond acceptors (Lipinski definition) is 6. The van der Waals surface area contributed by atoms with Gasteiger partial charge in [-0.2, -0.15) is 0 Å². The lowest BCUT2D eigenvalue weighted by molar-refractivity contribution is -0.134. The first-order chi connectivity index (χ1) is 17.4. The smallest absolute Gasteiger partial charge is 0.358 e. The van der Waals surface area contributed by atoms with Gasteiger partial charge in [0.1, 0.15) is 16.6 Å². The van der Waals surface area contributed by atoms with Crippen molar-refractivity contribution in [3.63, 3.8) is 0 Å². The Bertz CT molecular complexity index is 1200. The van der Waals surface area contributed by atoms with Crippen molar-refractivity contribution in [3.8, 4) is 5.75 Å². The number of rotatable bonds is 11. The number of hydrogen-bond donors (Lipinski definition) is 0. The first-order valence-electron chi connectivity index (χ1n) is 12.2. The fourth-order valence-electron chi connectivity index (χ4n) is 4.41. The number of esters is 1. The van der Waals surface area contributed by atoms with Gasteiger partial charge in [0, 0.05) is 11.4 Å². The molecule has 1 heterocycles. The average Bonchev–Trinajstić information content (AvgIpc) is 3.61. The molecule has 0 spiro atoms. The first-order valence-corrected chi connectivity index (χ1v) is 13.0. The highest BCUT2D eigenvalue weighted by Crippen LogP contribution is 2.50. The molecule has 6 nitrogen and oxygen atoms in total. The minimum absolute atomic E-state index is 0.0670. The highest BCUT2D eigenvalue weighted by Gasteiger charge is 2.53. The van der Waals surface area contributed by atoms with Gasteiger partial charge in [0.25, 0.3) is 0 Å². The summed E-state index contributed by atoms with van der Waals surface area (Å²) in [6, 6.07) is 14.2. The summed E-state index contributed by atoms with van der Waals surface area (Å²) in [5.41, 5.74) is 1.78. The van der Waals surface area contributed by atoms with E-state index in [1.54, 1.807) is 26.2 Å². The van der Waals surface area contributed by atoms with Gasteiger partial charge in [-0.25, -0.2) is 14.2 Å². The maximum Gasteiger partial charge on any atom is 0.358 e. The van der Waals surface area contributed by atoms with Crippen LogP contribution in [0.5, 0.6) is 5.75 Å². The Morgan fingerprint density at radius 1 is 1.11 bits per heavy atom. The second kappa shape index (κ2) is 11.2. The van der Waals surface area contributed by atoms with E-state index in [1.165, 1.54) is 23.5 Å². The highest BCUT2D eigenvalue weighted by atomic mass is 32.1. The SMILES string of the molecule is CCOC(=O)c1nc(CN(CCCc2ccc(F)cc2)C(=O)C2(c3ccc(OC)cc3)CC2)sc1C. The first kappa shape index (κ1) is 25.8. The molecule has 0 radical (unpaired) electrons. The third-order valence-electron chi connectivity index (χ3n) is 6.53. The van der Waals surface area contributed by atoms with E-state index in [0.717, 1.165) is 47.4 Å². The van der Waals surface area contributed by atoms with Crippen LogP contribution in [0.25, 0.3) is 0 Å². The fraction of sp³-hybridized carbons (Fsp3) is 0.393. The molecule has 0 bridgehead atoms. The molecule has 36 heavy (non-hydrogen) atoms. The number of carbonyl (C=O) groups is 2. The molecule has 4 rings (SSSR count). The molecule has 1 aliphatic carbocycles. The lowest BCUT2D eigenvalue weighted by atomic mass is 9.94. The maximum atomic E-state index is 13.9. The van der Waals surface area contributed by atoms with Crippen molar-refractivity contribution in [1.82, 2.24) is 9.88 Å². The molecule has 190 valence electrons. The number of benzene rings is 2. The number of ether oxygens (including phenoxy) is 2. The number of halogens is 1. The van der Waals surface area contributed by atoms with E-state index in [1.807, 2.05) is 36.1 Å². The fourth-order valence-corrected chi connectivity index (χ4v) is 5.35. The molecule has 2 aromatic carbocycles. The molecule has 8 heteroatoms. The number of nitrogens with zero attached hydrogens (tertiary/aromatic N) is 2. The summed E-state index contributed by atoms with van der Waals surface area (Å²) < 4.78 is 23.7. The molecule has 0 N–H and O–H groups in total. The van der Waals surface area contributed by atoms with E-state index in [-0.39, 0.29) is 18.3 Å². The number of amides is 1. The zero-order chi connectivity index (χ0) is 25.7. The van der Waals surface area contributed by atoms with Crippen molar-refractivity contribution in [2.24, 2.45) is 0 Å². The van der Waals surface area contributed by atoms with Gasteiger partial charge < -0.3 is 14.4 Å². The summed E-state index contributed by atoms with van der Waals surface area (Å²) >= 11 is 1.41. The van der Waals surface area contributed by atoms with E-state index in [9.17, 15) is 14.0 Å². The van der Waals surface area contributed by atoms with Crippen molar-refractivity contribution >= 4 is 23.2 Å². The van der Waals surface area contributed by atoms with Crippen molar-refractivity contribution in [1.29, 1.82) is 0 Å². The summed E-state index contributed by atoms with van der Waals surface area (Å²) in [6.45, 7) is 4.74. The highest BCUT2D eigenvalue weighted by molar-refractivity contribution is 7.11. The minimum Gasteiger partial charge on any atom is -0.497 e. The summed E-state index contributed by atoms with van der Waals surface area (Å²) in [6.07, 6.45) is 3.03. The van der Waals surface area contributed by atoms with Gasteiger partial charge in [-0.1, -0.05) is 24.3 Å².